The zero-order valence-electron chi connectivity index (χ0n) is 19.0. The molecule has 0 heterocycles. The quantitative estimate of drug-likeness (QED) is 0.333. The Morgan fingerprint density at radius 2 is 0.885 bits per heavy atom. The molecule has 0 fully saturated rings. The van der Waals surface area contributed by atoms with E-state index in [9.17, 15) is 0 Å². The summed E-state index contributed by atoms with van der Waals surface area (Å²) in [5.41, 5.74) is 10.2. The van der Waals surface area contributed by atoms with E-state index in [1.165, 1.54) is 83.0 Å². The van der Waals surface area contributed by atoms with Crippen molar-refractivity contribution in [3.8, 4) is 0 Å². The molecule has 0 amide bonds. The molecule has 0 spiro atoms. The van der Waals surface area contributed by atoms with Gasteiger partial charge in [0.15, 0.2) is 0 Å². The molecule has 0 aliphatic heterocycles. The summed E-state index contributed by atoms with van der Waals surface area (Å²) in [5, 5.41) is 0. The number of hydrogen-bond acceptors (Lipinski definition) is 0. The Morgan fingerprint density at radius 1 is 0.538 bits per heavy atom. The predicted octanol–water partition coefficient (Wildman–Crippen LogP) is 8.33. The first-order valence-electron chi connectivity index (χ1n) is 11.5. The standard InChI is InChI=1S/C26H45/c1-8-12-16-22-21(7)26(20(5)6)25(19-15-11-4)24(18-14-10-3)23(22)17-13-9-2/h8-19H2,1-7H3. The van der Waals surface area contributed by atoms with Crippen LogP contribution in [0.15, 0.2) is 0 Å². The van der Waals surface area contributed by atoms with E-state index in [0.29, 0.717) is 0 Å². The summed E-state index contributed by atoms with van der Waals surface area (Å²) in [6.45, 7) is 16.4. The van der Waals surface area contributed by atoms with Gasteiger partial charge in [-0.25, -0.2) is 0 Å². The van der Waals surface area contributed by atoms with E-state index >= 15 is 0 Å². The first-order valence-corrected chi connectivity index (χ1v) is 11.5. The average molecular weight is 358 g/mol. The van der Waals surface area contributed by atoms with Gasteiger partial charge in [-0.2, -0.15) is 0 Å². The Labute approximate surface area is 165 Å². The molecule has 1 rings (SSSR count). The van der Waals surface area contributed by atoms with Crippen molar-refractivity contribution < 1.29 is 0 Å². The van der Waals surface area contributed by atoms with E-state index in [4.69, 9.17) is 0 Å². The van der Waals surface area contributed by atoms with Crippen molar-refractivity contribution in [3.05, 3.63) is 39.3 Å². The van der Waals surface area contributed by atoms with Crippen LogP contribution in [0.25, 0.3) is 0 Å². The summed E-state index contributed by atoms with van der Waals surface area (Å²) in [5.74, 6) is 1.52. The molecule has 0 unspecified atom stereocenters. The minimum absolute atomic E-state index is 1.27. The van der Waals surface area contributed by atoms with Gasteiger partial charge in [0, 0.05) is 0 Å². The summed E-state index contributed by atoms with van der Waals surface area (Å²) in [6, 6.07) is 0. The van der Waals surface area contributed by atoms with Crippen molar-refractivity contribution in [2.24, 2.45) is 0 Å². The number of unbranched alkanes of at least 4 members (excludes halogenated alkanes) is 4. The van der Waals surface area contributed by atoms with Gasteiger partial charge in [0.1, 0.15) is 0 Å². The minimum Gasteiger partial charge on any atom is -0.0654 e. The third-order valence-electron chi connectivity index (χ3n) is 5.84. The molecule has 0 saturated carbocycles. The van der Waals surface area contributed by atoms with Crippen molar-refractivity contribution in [2.45, 2.75) is 126 Å². The first kappa shape index (κ1) is 23.3. The predicted molar refractivity (Wildman–Crippen MR) is 119 cm³/mol. The minimum atomic E-state index is 1.27. The van der Waals surface area contributed by atoms with Gasteiger partial charge in [0.2, 0.25) is 0 Å². The summed E-state index contributed by atoms with van der Waals surface area (Å²) in [6.07, 6.45) is 15.6. The molecule has 0 nitrogen and oxygen atoms in total. The molecule has 0 aromatic heterocycles. The van der Waals surface area contributed by atoms with E-state index in [0.717, 1.165) is 0 Å². The van der Waals surface area contributed by atoms with E-state index in [2.05, 4.69) is 48.5 Å². The monoisotopic (exact) mass is 357 g/mol. The fraction of sp³-hybridized carbons (Fsp3) is 0.731. The van der Waals surface area contributed by atoms with Crippen molar-refractivity contribution in [2.75, 3.05) is 0 Å². The van der Waals surface area contributed by atoms with Crippen molar-refractivity contribution in [1.82, 2.24) is 0 Å². The lowest BCUT2D eigenvalue weighted by atomic mass is 9.77. The Hall–Kier alpha value is -0.780. The van der Waals surface area contributed by atoms with Gasteiger partial charge in [-0.1, -0.05) is 67.2 Å². The van der Waals surface area contributed by atoms with Crippen LogP contribution in [0.4, 0.5) is 0 Å². The Morgan fingerprint density at radius 3 is 1.27 bits per heavy atom. The van der Waals surface area contributed by atoms with Gasteiger partial charge in [-0.15, -0.1) is 0 Å². The number of benzene rings is 1. The second-order valence-corrected chi connectivity index (χ2v) is 8.33. The van der Waals surface area contributed by atoms with E-state index < -0.39 is 0 Å². The van der Waals surface area contributed by atoms with Crippen molar-refractivity contribution in [1.29, 1.82) is 0 Å². The van der Waals surface area contributed by atoms with Gasteiger partial charge in [0.25, 0.3) is 0 Å². The molecule has 0 bridgehead atoms. The molecule has 26 heavy (non-hydrogen) atoms. The molecule has 1 radical (unpaired) electrons. The topological polar surface area (TPSA) is 0 Å². The SMILES string of the molecule is CCCCc1c(C)c([C](C)C)c(CCCC)c(CCCC)c1CCCC. The van der Waals surface area contributed by atoms with Gasteiger partial charge < -0.3 is 0 Å². The largest absolute Gasteiger partial charge is 0.0654 e. The van der Waals surface area contributed by atoms with Gasteiger partial charge in [0.05, 0.1) is 0 Å². The summed E-state index contributed by atoms with van der Waals surface area (Å²) >= 11 is 0. The van der Waals surface area contributed by atoms with Crippen LogP contribution in [0.1, 0.15) is 126 Å². The molecule has 0 heteroatoms. The molecule has 0 saturated heterocycles. The molecule has 149 valence electrons. The van der Waals surface area contributed by atoms with E-state index in [-0.39, 0.29) is 0 Å². The third kappa shape index (κ3) is 6.14. The van der Waals surface area contributed by atoms with Gasteiger partial charge >= 0.3 is 0 Å². The van der Waals surface area contributed by atoms with Crippen LogP contribution in [0.3, 0.4) is 0 Å². The van der Waals surface area contributed by atoms with Crippen LogP contribution in [0.5, 0.6) is 0 Å². The average Bonchev–Trinajstić information content (AvgIpc) is 2.62. The highest BCUT2D eigenvalue weighted by Gasteiger charge is 2.22. The Balaban J connectivity index is 3.63. The lowest BCUT2D eigenvalue weighted by Gasteiger charge is -2.28. The zero-order chi connectivity index (χ0) is 19.5. The fourth-order valence-corrected chi connectivity index (χ4v) is 4.43. The maximum atomic E-state index is 2.42. The Kier molecular flexibility index (Phi) is 11.3. The van der Waals surface area contributed by atoms with Crippen LogP contribution in [0.2, 0.25) is 0 Å². The molecule has 0 aliphatic rings. The van der Waals surface area contributed by atoms with Crippen LogP contribution < -0.4 is 0 Å². The molecular weight excluding hydrogens is 312 g/mol. The summed E-state index contributed by atoms with van der Waals surface area (Å²) < 4.78 is 0. The molecule has 0 N–H and O–H groups in total. The van der Waals surface area contributed by atoms with Crippen LogP contribution in [0, 0.1) is 12.8 Å². The number of rotatable bonds is 13. The molecule has 0 atom stereocenters. The van der Waals surface area contributed by atoms with E-state index in [1.807, 2.05) is 0 Å². The van der Waals surface area contributed by atoms with Gasteiger partial charge in [-0.3, -0.25) is 0 Å². The summed E-state index contributed by atoms with van der Waals surface area (Å²) in [7, 11) is 0. The maximum absolute atomic E-state index is 2.42. The van der Waals surface area contributed by atoms with Crippen LogP contribution in [-0.2, 0) is 25.7 Å². The number of hydrogen-bond donors (Lipinski definition) is 0. The zero-order valence-corrected chi connectivity index (χ0v) is 19.0. The van der Waals surface area contributed by atoms with Crippen molar-refractivity contribution >= 4 is 0 Å². The van der Waals surface area contributed by atoms with Crippen LogP contribution in [-0.4, -0.2) is 0 Å². The Bertz CT molecular complexity index is 522. The maximum Gasteiger partial charge on any atom is -0.000629 e. The lowest BCUT2D eigenvalue weighted by molar-refractivity contribution is 0.711. The molecule has 1 aromatic rings. The van der Waals surface area contributed by atoms with E-state index in [1.54, 1.807) is 33.4 Å². The molecular formula is C26H45. The van der Waals surface area contributed by atoms with Crippen LogP contribution >= 0.6 is 0 Å². The second-order valence-electron chi connectivity index (χ2n) is 8.33. The third-order valence-corrected chi connectivity index (χ3v) is 5.84. The first-order chi connectivity index (χ1) is 12.5. The molecule has 1 aromatic carbocycles. The lowest BCUT2D eigenvalue weighted by Crippen LogP contribution is -2.14. The highest BCUT2D eigenvalue weighted by atomic mass is 14.3. The fourth-order valence-electron chi connectivity index (χ4n) is 4.43. The smallest absolute Gasteiger partial charge is 0.000629 e. The summed E-state index contributed by atoms with van der Waals surface area (Å²) in [4.78, 5) is 0. The van der Waals surface area contributed by atoms with Gasteiger partial charge in [-0.05, 0) is 97.6 Å². The van der Waals surface area contributed by atoms with Crippen molar-refractivity contribution in [3.63, 3.8) is 0 Å². The molecule has 0 aliphatic carbocycles. The normalized spacial score (nSPS) is 11.5. The second kappa shape index (κ2) is 12.6. The highest BCUT2D eigenvalue weighted by Crippen LogP contribution is 2.36. The highest BCUT2D eigenvalue weighted by molar-refractivity contribution is 5.56.